The molecular formula is C18H29NO2. The van der Waals surface area contributed by atoms with Crippen LogP contribution in [0.2, 0.25) is 0 Å². The number of rotatable bonds is 7. The zero-order valence-electron chi connectivity index (χ0n) is 13.6. The standard InChI is InChI=1S/C18H29NO2/c1-14(2)15-7-9-16(10-8-15)19-17-5-4-6-18(13-17)21-12-11-20-3/h4-6,13-16,19H,7-12H2,1-3H3. The summed E-state index contributed by atoms with van der Waals surface area (Å²) in [6.45, 7) is 5.91. The number of anilines is 1. The van der Waals surface area contributed by atoms with E-state index in [9.17, 15) is 0 Å². The van der Waals surface area contributed by atoms with Crippen molar-refractivity contribution in [3.63, 3.8) is 0 Å². The second-order valence-corrected chi connectivity index (χ2v) is 6.37. The zero-order valence-corrected chi connectivity index (χ0v) is 13.6. The van der Waals surface area contributed by atoms with E-state index in [4.69, 9.17) is 9.47 Å². The van der Waals surface area contributed by atoms with Crippen LogP contribution in [0.3, 0.4) is 0 Å². The lowest BCUT2D eigenvalue weighted by molar-refractivity contribution is 0.146. The van der Waals surface area contributed by atoms with E-state index in [1.165, 1.54) is 25.7 Å². The van der Waals surface area contributed by atoms with Gasteiger partial charge in [-0.3, -0.25) is 0 Å². The van der Waals surface area contributed by atoms with Gasteiger partial charge in [0.15, 0.2) is 0 Å². The number of benzene rings is 1. The summed E-state index contributed by atoms with van der Waals surface area (Å²) >= 11 is 0. The summed E-state index contributed by atoms with van der Waals surface area (Å²) in [7, 11) is 1.69. The molecule has 3 heteroatoms. The van der Waals surface area contributed by atoms with E-state index in [1.807, 2.05) is 12.1 Å². The maximum atomic E-state index is 5.66. The van der Waals surface area contributed by atoms with Gasteiger partial charge in [-0.15, -0.1) is 0 Å². The average molecular weight is 291 g/mol. The molecule has 1 aromatic carbocycles. The van der Waals surface area contributed by atoms with Gasteiger partial charge in [0.1, 0.15) is 12.4 Å². The summed E-state index contributed by atoms with van der Waals surface area (Å²) in [4.78, 5) is 0. The molecule has 0 atom stereocenters. The van der Waals surface area contributed by atoms with Crippen LogP contribution in [-0.4, -0.2) is 26.4 Å². The molecule has 0 radical (unpaired) electrons. The van der Waals surface area contributed by atoms with Crippen molar-refractivity contribution in [3.05, 3.63) is 24.3 Å². The summed E-state index contributed by atoms with van der Waals surface area (Å²) in [5.74, 6) is 2.64. The van der Waals surface area contributed by atoms with Gasteiger partial charge in [0.2, 0.25) is 0 Å². The van der Waals surface area contributed by atoms with Crippen molar-refractivity contribution in [1.29, 1.82) is 0 Å². The van der Waals surface area contributed by atoms with Gasteiger partial charge in [0, 0.05) is 24.9 Å². The lowest BCUT2D eigenvalue weighted by Gasteiger charge is -2.31. The van der Waals surface area contributed by atoms with Gasteiger partial charge in [-0.25, -0.2) is 0 Å². The molecule has 0 heterocycles. The van der Waals surface area contributed by atoms with Crippen LogP contribution < -0.4 is 10.1 Å². The van der Waals surface area contributed by atoms with Crippen LogP contribution in [0, 0.1) is 11.8 Å². The van der Waals surface area contributed by atoms with Crippen LogP contribution >= 0.6 is 0 Å². The van der Waals surface area contributed by atoms with E-state index in [-0.39, 0.29) is 0 Å². The predicted molar refractivity (Wildman–Crippen MR) is 88.0 cm³/mol. The summed E-state index contributed by atoms with van der Waals surface area (Å²) in [6, 6.07) is 8.86. The molecule has 0 bridgehead atoms. The molecule has 1 aliphatic rings. The van der Waals surface area contributed by atoms with Crippen LogP contribution in [0.5, 0.6) is 5.75 Å². The molecule has 1 N–H and O–H groups in total. The second kappa shape index (κ2) is 8.28. The van der Waals surface area contributed by atoms with Crippen LogP contribution in [0.4, 0.5) is 5.69 Å². The predicted octanol–water partition coefficient (Wildman–Crippen LogP) is 4.34. The van der Waals surface area contributed by atoms with Gasteiger partial charge >= 0.3 is 0 Å². The smallest absolute Gasteiger partial charge is 0.121 e. The van der Waals surface area contributed by atoms with Crippen molar-refractivity contribution in [2.24, 2.45) is 11.8 Å². The summed E-state index contributed by atoms with van der Waals surface area (Å²) in [5.41, 5.74) is 1.16. The molecule has 0 spiro atoms. The van der Waals surface area contributed by atoms with Gasteiger partial charge in [0.25, 0.3) is 0 Å². The lowest BCUT2D eigenvalue weighted by atomic mass is 9.79. The Hall–Kier alpha value is -1.22. The molecule has 21 heavy (non-hydrogen) atoms. The average Bonchev–Trinajstić information content (AvgIpc) is 2.48. The van der Waals surface area contributed by atoms with Crippen molar-refractivity contribution in [2.75, 3.05) is 25.6 Å². The highest BCUT2D eigenvalue weighted by Crippen LogP contribution is 2.31. The first-order valence-electron chi connectivity index (χ1n) is 8.17. The van der Waals surface area contributed by atoms with E-state index < -0.39 is 0 Å². The largest absolute Gasteiger partial charge is 0.491 e. The van der Waals surface area contributed by atoms with Crippen molar-refractivity contribution in [1.82, 2.24) is 0 Å². The molecule has 0 unspecified atom stereocenters. The first kappa shape index (κ1) is 16.2. The molecule has 1 aliphatic carbocycles. The lowest BCUT2D eigenvalue weighted by Crippen LogP contribution is -2.27. The zero-order chi connectivity index (χ0) is 15.1. The number of hydrogen-bond acceptors (Lipinski definition) is 3. The Morgan fingerprint density at radius 1 is 1.14 bits per heavy atom. The monoisotopic (exact) mass is 291 g/mol. The molecule has 118 valence electrons. The van der Waals surface area contributed by atoms with Crippen molar-refractivity contribution >= 4 is 5.69 Å². The third-order valence-corrected chi connectivity index (χ3v) is 4.48. The third-order valence-electron chi connectivity index (χ3n) is 4.48. The SMILES string of the molecule is COCCOc1cccc(NC2CCC(C(C)C)CC2)c1. The minimum absolute atomic E-state index is 0.597. The fourth-order valence-electron chi connectivity index (χ4n) is 3.08. The van der Waals surface area contributed by atoms with E-state index in [0.717, 1.165) is 23.3 Å². The summed E-state index contributed by atoms with van der Waals surface area (Å²) in [6.07, 6.45) is 5.24. The molecule has 1 aromatic rings. The third kappa shape index (κ3) is 5.24. The molecule has 0 aromatic heterocycles. The molecule has 1 fully saturated rings. The Morgan fingerprint density at radius 3 is 2.57 bits per heavy atom. The summed E-state index contributed by atoms with van der Waals surface area (Å²) < 4.78 is 10.7. The Labute approximate surface area is 129 Å². The molecule has 2 rings (SSSR count). The van der Waals surface area contributed by atoms with Crippen LogP contribution in [0.25, 0.3) is 0 Å². The van der Waals surface area contributed by atoms with Gasteiger partial charge < -0.3 is 14.8 Å². The Balaban J connectivity index is 1.81. The number of nitrogens with one attached hydrogen (secondary N) is 1. The number of methoxy groups -OCH3 is 1. The Kier molecular flexibility index (Phi) is 6.37. The van der Waals surface area contributed by atoms with Crippen molar-refractivity contribution in [2.45, 2.75) is 45.6 Å². The maximum Gasteiger partial charge on any atom is 0.121 e. The second-order valence-electron chi connectivity index (χ2n) is 6.37. The minimum Gasteiger partial charge on any atom is -0.491 e. The normalized spacial score (nSPS) is 22.3. The number of hydrogen-bond donors (Lipinski definition) is 1. The van der Waals surface area contributed by atoms with E-state index in [2.05, 4.69) is 31.3 Å². The number of ether oxygens (including phenoxy) is 2. The first-order valence-corrected chi connectivity index (χ1v) is 8.17. The molecular weight excluding hydrogens is 262 g/mol. The minimum atomic E-state index is 0.597. The van der Waals surface area contributed by atoms with E-state index in [1.54, 1.807) is 7.11 Å². The highest BCUT2D eigenvalue weighted by Gasteiger charge is 2.22. The van der Waals surface area contributed by atoms with Crippen molar-refractivity contribution in [3.8, 4) is 5.75 Å². The molecule has 3 nitrogen and oxygen atoms in total. The van der Waals surface area contributed by atoms with E-state index >= 15 is 0 Å². The van der Waals surface area contributed by atoms with Crippen LogP contribution in [0.15, 0.2) is 24.3 Å². The van der Waals surface area contributed by atoms with Crippen LogP contribution in [-0.2, 0) is 4.74 Å². The Bertz CT molecular complexity index is 411. The Morgan fingerprint density at radius 2 is 1.90 bits per heavy atom. The van der Waals surface area contributed by atoms with Crippen LogP contribution in [0.1, 0.15) is 39.5 Å². The fraction of sp³-hybridized carbons (Fsp3) is 0.667. The van der Waals surface area contributed by atoms with E-state index in [0.29, 0.717) is 19.3 Å². The van der Waals surface area contributed by atoms with Crippen molar-refractivity contribution < 1.29 is 9.47 Å². The quantitative estimate of drug-likeness (QED) is 0.758. The summed E-state index contributed by atoms with van der Waals surface area (Å²) in [5, 5.41) is 3.66. The molecule has 0 aliphatic heterocycles. The van der Waals surface area contributed by atoms with Gasteiger partial charge in [-0.05, 0) is 49.7 Å². The maximum absolute atomic E-state index is 5.66. The van der Waals surface area contributed by atoms with Gasteiger partial charge in [-0.1, -0.05) is 19.9 Å². The first-order chi connectivity index (χ1) is 10.2. The van der Waals surface area contributed by atoms with Gasteiger partial charge in [-0.2, -0.15) is 0 Å². The highest BCUT2D eigenvalue weighted by atomic mass is 16.5. The molecule has 0 amide bonds. The molecule has 0 saturated heterocycles. The molecule has 1 saturated carbocycles. The topological polar surface area (TPSA) is 30.5 Å². The highest BCUT2D eigenvalue weighted by molar-refractivity contribution is 5.48. The fourth-order valence-corrected chi connectivity index (χ4v) is 3.08. The van der Waals surface area contributed by atoms with Gasteiger partial charge in [0.05, 0.1) is 6.61 Å².